The van der Waals surface area contributed by atoms with Crippen LogP contribution >= 0.6 is 0 Å². The van der Waals surface area contributed by atoms with Crippen molar-refractivity contribution in [2.75, 3.05) is 27.2 Å². The summed E-state index contributed by atoms with van der Waals surface area (Å²) in [6, 6.07) is 10.1. The lowest BCUT2D eigenvalue weighted by atomic mass is 10.2. The van der Waals surface area contributed by atoms with Crippen molar-refractivity contribution in [1.82, 2.24) is 20.2 Å². The van der Waals surface area contributed by atoms with E-state index >= 15 is 0 Å². The van der Waals surface area contributed by atoms with Gasteiger partial charge in [-0.15, -0.1) is 0 Å². The van der Waals surface area contributed by atoms with Gasteiger partial charge in [0.15, 0.2) is 0 Å². The van der Waals surface area contributed by atoms with Crippen molar-refractivity contribution in [1.29, 1.82) is 0 Å². The van der Waals surface area contributed by atoms with Crippen LogP contribution in [-0.4, -0.2) is 42.1 Å². The Balaban J connectivity index is 1.88. The molecule has 5 nitrogen and oxygen atoms in total. The number of aromatic nitrogens is 2. The van der Waals surface area contributed by atoms with E-state index in [1.165, 1.54) is 5.56 Å². The van der Waals surface area contributed by atoms with Gasteiger partial charge in [-0.1, -0.05) is 12.1 Å². The Morgan fingerprint density at radius 2 is 1.95 bits per heavy atom. The van der Waals surface area contributed by atoms with Gasteiger partial charge in [0.2, 0.25) is 0 Å². The fourth-order valence-corrected chi connectivity index (χ4v) is 1.70. The molecule has 0 aliphatic carbocycles. The van der Waals surface area contributed by atoms with Crippen molar-refractivity contribution in [3.63, 3.8) is 0 Å². The third kappa shape index (κ3) is 4.95. The molecule has 2 aromatic rings. The average molecular weight is 272 g/mol. The molecule has 0 amide bonds. The topological polar surface area (TPSA) is 50.3 Å². The van der Waals surface area contributed by atoms with Gasteiger partial charge in [0.05, 0.1) is 0 Å². The Bertz CT molecular complexity index is 516. The van der Waals surface area contributed by atoms with Crippen molar-refractivity contribution >= 4 is 0 Å². The Kier molecular flexibility index (Phi) is 5.46. The predicted octanol–water partition coefficient (Wildman–Crippen LogP) is 1.92. The molecule has 0 atom stereocenters. The standard InChI is InChI=1S/C15H20N4O/c1-19(2)10-9-16-12-13-5-3-6-14(11-13)20-15-17-7-4-8-18-15/h3-8,11,16H,9-10,12H2,1-2H3. The first kappa shape index (κ1) is 14.4. The number of nitrogens with one attached hydrogen (secondary N) is 1. The van der Waals surface area contributed by atoms with Crippen LogP contribution in [0.1, 0.15) is 5.56 Å². The lowest BCUT2D eigenvalue weighted by Crippen LogP contribution is -2.26. The highest BCUT2D eigenvalue weighted by molar-refractivity contribution is 5.30. The molecular formula is C15H20N4O. The van der Waals surface area contributed by atoms with E-state index in [1.807, 2.05) is 18.2 Å². The molecule has 0 spiro atoms. The fourth-order valence-electron chi connectivity index (χ4n) is 1.70. The highest BCUT2D eigenvalue weighted by atomic mass is 16.5. The van der Waals surface area contributed by atoms with Crippen LogP contribution in [0.15, 0.2) is 42.7 Å². The minimum absolute atomic E-state index is 0.366. The summed E-state index contributed by atoms with van der Waals surface area (Å²) in [5.41, 5.74) is 1.18. The van der Waals surface area contributed by atoms with Gasteiger partial charge in [0, 0.05) is 32.0 Å². The van der Waals surface area contributed by atoms with Crippen LogP contribution in [-0.2, 0) is 6.54 Å². The van der Waals surface area contributed by atoms with Gasteiger partial charge in [0.1, 0.15) is 5.75 Å². The van der Waals surface area contributed by atoms with E-state index in [1.54, 1.807) is 18.5 Å². The third-order valence-electron chi connectivity index (χ3n) is 2.71. The van der Waals surface area contributed by atoms with Gasteiger partial charge in [-0.05, 0) is 37.9 Å². The number of ether oxygens (including phenoxy) is 1. The van der Waals surface area contributed by atoms with Crippen LogP contribution in [0.25, 0.3) is 0 Å². The molecule has 1 N–H and O–H groups in total. The first-order chi connectivity index (χ1) is 9.74. The van der Waals surface area contributed by atoms with Gasteiger partial charge >= 0.3 is 6.01 Å². The number of nitrogens with zero attached hydrogens (tertiary/aromatic N) is 3. The zero-order valence-corrected chi connectivity index (χ0v) is 11.9. The Labute approximate surface area is 119 Å². The van der Waals surface area contributed by atoms with Gasteiger partial charge < -0.3 is 15.0 Å². The summed E-state index contributed by atoms with van der Waals surface area (Å²) in [6.07, 6.45) is 3.32. The highest BCUT2D eigenvalue weighted by Crippen LogP contribution is 2.18. The van der Waals surface area contributed by atoms with Gasteiger partial charge in [-0.3, -0.25) is 0 Å². The molecule has 0 unspecified atom stereocenters. The maximum absolute atomic E-state index is 5.61. The smallest absolute Gasteiger partial charge is 0.321 e. The molecule has 1 heterocycles. The number of hydrogen-bond acceptors (Lipinski definition) is 5. The number of benzene rings is 1. The summed E-state index contributed by atoms with van der Waals surface area (Å²) >= 11 is 0. The van der Waals surface area contributed by atoms with Crippen LogP contribution in [0.5, 0.6) is 11.8 Å². The summed E-state index contributed by atoms with van der Waals surface area (Å²) in [7, 11) is 4.13. The first-order valence-corrected chi connectivity index (χ1v) is 6.63. The maximum Gasteiger partial charge on any atom is 0.321 e. The zero-order valence-electron chi connectivity index (χ0n) is 11.9. The van der Waals surface area contributed by atoms with E-state index in [9.17, 15) is 0 Å². The molecule has 5 heteroatoms. The molecule has 106 valence electrons. The summed E-state index contributed by atoms with van der Waals surface area (Å²) in [6.45, 7) is 2.80. The molecule has 1 aromatic heterocycles. The molecule has 0 aliphatic rings. The Hall–Kier alpha value is -1.98. The highest BCUT2D eigenvalue weighted by Gasteiger charge is 2.00. The number of hydrogen-bond donors (Lipinski definition) is 1. The molecule has 0 aliphatic heterocycles. The van der Waals surface area contributed by atoms with E-state index < -0.39 is 0 Å². The summed E-state index contributed by atoms with van der Waals surface area (Å²) in [4.78, 5) is 10.2. The van der Waals surface area contributed by atoms with E-state index in [0.717, 1.165) is 25.4 Å². The van der Waals surface area contributed by atoms with Crippen LogP contribution in [0.4, 0.5) is 0 Å². The van der Waals surface area contributed by atoms with E-state index in [0.29, 0.717) is 6.01 Å². The summed E-state index contributed by atoms with van der Waals surface area (Å²) in [5, 5.41) is 3.40. The van der Waals surface area contributed by atoms with Crippen LogP contribution in [0.3, 0.4) is 0 Å². The van der Waals surface area contributed by atoms with E-state index in [4.69, 9.17) is 4.74 Å². The van der Waals surface area contributed by atoms with Crippen molar-refractivity contribution < 1.29 is 4.74 Å². The summed E-state index contributed by atoms with van der Waals surface area (Å²) < 4.78 is 5.61. The molecule has 0 saturated heterocycles. The minimum atomic E-state index is 0.366. The van der Waals surface area contributed by atoms with Crippen molar-refractivity contribution in [2.45, 2.75) is 6.54 Å². The number of rotatable bonds is 7. The molecule has 0 fully saturated rings. The third-order valence-corrected chi connectivity index (χ3v) is 2.71. The van der Waals surface area contributed by atoms with Gasteiger partial charge in [-0.25, -0.2) is 9.97 Å². The van der Waals surface area contributed by atoms with Gasteiger partial charge in [0.25, 0.3) is 0 Å². The maximum atomic E-state index is 5.61. The van der Waals surface area contributed by atoms with Gasteiger partial charge in [-0.2, -0.15) is 0 Å². The average Bonchev–Trinajstić information content (AvgIpc) is 2.45. The monoisotopic (exact) mass is 272 g/mol. The van der Waals surface area contributed by atoms with Crippen molar-refractivity contribution in [2.24, 2.45) is 0 Å². The van der Waals surface area contributed by atoms with E-state index in [2.05, 4.69) is 40.3 Å². The van der Waals surface area contributed by atoms with Crippen LogP contribution in [0.2, 0.25) is 0 Å². The summed E-state index contributed by atoms with van der Waals surface area (Å²) in [5.74, 6) is 0.753. The SMILES string of the molecule is CN(C)CCNCc1cccc(Oc2ncccn2)c1. The quantitative estimate of drug-likeness (QED) is 0.780. The molecule has 0 radical (unpaired) electrons. The predicted molar refractivity (Wildman–Crippen MR) is 78.8 cm³/mol. The second-order valence-corrected chi connectivity index (χ2v) is 4.76. The lowest BCUT2D eigenvalue weighted by molar-refractivity contribution is 0.399. The zero-order chi connectivity index (χ0) is 14.2. The Morgan fingerprint density at radius 1 is 1.15 bits per heavy atom. The fraction of sp³-hybridized carbons (Fsp3) is 0.333. The molecular weight excluding hydrogens is 252 g/mol. The molecule has 1 aromatic carbocycles. The first-order valence-electron chi connectivity index (χ1n) is 6.63. The minimum Gasteiger partial charge on any atom is -0.424 e. The lowest BCUT2D eigenvalue weighted by Gasteiger charge is -2.11. The second kappa shape index (κ2) is 7.57. The molecule has 0 bridgehead atoms. The molecule has 20 heavy (non-hydrogen) atoms. The van der Waals surface area contributed by atoms with E-state index in [-0.39, 0.29) is 0 Å². The van der Waals surface area contributed by atoms with Crippen molar-refractivity contribution in [3.05, 3.63) is 48.3 Å². The van der Waals surface area contributed by atoms with Crippen LogP contribution in [0, 0.1) is 0 Å². The molecule has 0 saturated carbocycles. The van der Waals surface area contributed by atoms with Crippen LogP contribution < -0.4 is 10.1 Å². The molecule has 2 rings (SSSR count). The van der Waals surface area contributed by atoms with Crippen molar-refractivity contribution in [3.8, 4) is 11.8 Å². The normalized spacial score (nSPS) is 10.8. The largest absolute Gasteiger partial charge is 0.424 e. The number of likely N-dealkylation sites (N-methyl/N-ethyl adjacent to an activating group) is 1. The Morgan fingerprint density at radius 3 is 2.70 bits per heavy atom. The second-order valence-electron chi connectivity index (χ2n) is 4.76.